The third-order valence-electron chi connectivity index (χ3n) is 16.0. The van der Waals surface area contributed by atoms with E-state index in [1.54, 1.807) is 0 Å². The van der Waals surface area contributed by atoms with E-state index >= 15 is 0 Å². The SMILES string of the molecule is C1CCNC1.C1CCNCC1.C1COCCN1.CC(C)CNC(C)C.CC1CCNCC1.CCC(C)NC(C)C.CCCCCCCNC.CCCCCCNC.CCCCCNC.CCCCNC(C)C.CCCCNCCC.CCCNC(C)C.CCCNC(C)CC.CCCNCC(C)C. The van der Waals surface area contributed by atoms with Crippen LogP contribution in [0.5, 0.6) is 0 Å². The van der Waals surface area contributed by atoms with Crippen molar-refractivity contribution in [1.82, 2.24) is 74.4 Å². The highest BCUT2D eigenvalue weighted by atomic mass is 16.5. The summed E-state index contributed by atoms with van der Waals surface area (Å²) in [5, 5.41) is 45.8. The minimum atomic E-state index is 0.630. The molecular formula is C88H210N14O. The first-order valence-corrected chi connectivity index (χ1v) is 44.9. The molecule has 15 nitrogen and oxygen atoms in total. The predicted octanol–water partition coefficient (Wildman–Crippen LogP) is 18.9. The maximum Gasteiger partial charge on any atom is 0.0591 e. The van der Waals surface area contributed by atoms with Crippen molar-refractivity contribution in [3.05, 3.63) is 0 Å². The standard InChI is InChI=1S/C8H19N.7C7H17N.C6H13N.2C6H15N.C5H11N.C4H9NO.C4H9N/c1-3-4-5-6-7-8-9-2;1-6(2)5-8-7(3)4;1-5-7(4)8-6(2)3;1-4-5-8-6-7(2)3;1-4-5-6-8-7(2)3;1-4-6-8-7(3)5-2;1-3-4-5-6-7-8-2;1-3-5-7-8-6-4-2;1-6-2-4-7-5-3-6;1-4-5-7-6(2)3;1-3-4-5-6-7-2;1-2-4-6-5-3-1;1-3-6-4-2-5-1;1-2-4-5-3-1/h9H,3-8H2,1-2H3;2*6-8H,5H2,1-4H3;3*7-8H,4-6H2,1-3H3;2*8H,3-7H2,1-2H3;6-7H,2-5H2,1H3;6-7H,4-5H2,1-3H3;7H,3-6H2,1-2H3;6H,1-5H2;5H,1-4H2;5H,1-4H2. The van der Waals surface area contributed by atoms with E-state index in [2.05, 4.69) is 254 Å². The van der Waals surface area contributed by atoms with Crippen LogP contribution in [0, 0.1) is 17.8 Å². The van der Waals surface area contributed by atoms with Crippen LogP contribution in [0.3, 0.4) is 0 Å². The van der Waals surface area contributed by atoms with Gasteiger partial charge in [0.25, 0.3) is 0 Å². The van der Waals surface area contributed by atoms with Crippen molar-refractivity contribution in [2.45, 2.75) is 402 Å². The van der Waals surface area contributed by atoms with Gasteiger partial charge in [-0.2, -0.15) is 0 Å². The molecule has 0 saturated carbocycles. The van der Waals surface area contributed by atoms with Gasteiger partial charge in [-0.1, -0.05) is 243 Å². The molecule has 4 fully saturated rings. The number of rotatable bonds is 41. The monoisotopic (exact) mass is 1480 g/mol. The first-order valence-electron chi connectivity index (χ1n) is 44.9. The van der Waals surface area contributed by atoms with Crippen molar-refractivity contribution in [1.29, 1.82) is 0 Å². The van der Waals surface area contributed by atoms with Crippen LogP contribution in [0.25, 0.3) is 0 Å². The molecule has 2 atom stereocenters. The smallest absolute Gasteiger partial charge is 0.0591 e. The molecular weight excluding hydrogens is 1270 g/mol. The molecule has 15 heteroatoms. The molecule has 0 spiro atoms. The zero-order valence-corrected chi connectivity index (χ0v) is 77.0. The average molecular weight is 1480 g/mol. The Morgan fingerprint density at radius 3 is 0.932 bits per heavy atom. The summed E-state index contributed by atoms with van der Waals surface area (Å²) in [6.45, 7) is 81.4. The number of ether oxygens (including phenoxy) is 1. The van der Waals surface area contributed by atoms with Gasteiger partial charge in [0.2, 0.25) is 0 Å². The van der Waals surface area contributed by atoms with Crippen molar-refractivity contribution in [2.24, 2.45) is 17.8 Å². The largest absolute Gasteiger partial charge is 0.379 e. The molecule has 0 amide bonds. The average Bonchev–Trinajstić information content (AvgIpc) is 2.16. The molecule has 14 N–H and O–H groups in total. The summed E-state index contributed by atoms with van der Waals surface area (Å²) in [5.41, 5.74) is 0. The molecule has 0 aromatic carbocycles. The van der Waals surface area contributed by atoms with Crippen molar-refractivity contribution >= 4 is 0 Å². The molecule has 0 aliphatic carbocycles. The van der Waals surface area contributed by atoms with Crippen molar-refractivity contribution < 1.29 is 4.74 Å². The van der Waals surface area contributed by atoms with Gasteiger partial charge >= 0.3 is 0 Å². The van der Waals surface area contributed by atoms with E-state index in [1.165, 1.54) is 265 Å². The Morgan fingerprint density at radius 1 is 0.301 bits per heavy atom. The molecule has 4 aliphatic rings. The summed E-state index contributed by atoms with van der Waals surface area (Å²) < 4.78 is 5.01. The van der Waals surface area contributed by atoms with E-state index in [-0.39, 0.29) is 0 Å². The van der Waals surface area contributed by atoms with Gasteiger partial charge in [0.1, 0.15) is 0 Å². The number of nitrogens with one attached hydrogen (secondary N) is 14. The third-order valence-corrected chi connectivity index (χ3v) is 16.0. The highest BCUT2D eigenvalue weighted by Gasteiger charge is 2.05. The molecule has 0 radical (unpaired) electrons. The predicted molar refractivity (Wildman–Crippen MR) is 480 cm³/mol. The Labute approximate surface area is 654 Å². The fourth-order valence-corrected chi connectivity index (χ4v) is 8.96. The van der Waals surface area contributed by atoms with Crippen LogP contribution in [0.2, 0.25) is 0 Å². The second-order valence-corrected chi connectivity index (χ2v) is 30.7. The molecule has 0 aromatic heterocycles. The van der Waals surface area contributed by atoms with Crippen LogP contribution in [0.4, 0.5) is 0 Å². The molecule has 0 aromatic rings. The molecule has 4 saturated heterocycles. The Hall–Kier alpha value is -0.600. The van der Waals surface area contributed by atoms with Gasteiger partial charge in [0, 0.05) is 49.3 Å². The lowest BCUT2D eigenvalue weighted by Gasteiger charge is -2.17. The number of morpholine rings is 1. The lowest BCUT2D eigenvalue weighted by Crippen LogP contribution is -2.31. The van der Waals surface area contributed by atoms with Gasteiger partial charge in [-0.3, -0.25) is 0 Å². The summed E-state index contributed by atoms with van der Waals surface area (Å²) >= 11 is 0. The second kappa shape index (κ2) is 122. The van der Waals surface area contributed by atoms with E-state index < -0.39 is 0 Å². The third kappa shape index (κ3) is 176. The fourth-order valence-electron chi connectivity index (χ4n) is 8.96. The Kier molecular flexibility index (Phi) is 146. The first-order chi connectivity index (χ1) is 49.5. The lowest BCUT2D eigenvalue weighted by atomic mass is 10.0. The van der Waals surface area contributed by atoms with Crippen molar-refractivity contribution in [3.63, 3.8) is 0 Å². The number of unbranched alkanes of at least 4 members (excludes halogenated alkanes) is 11. The minimum Gasteiger partial charge on any atom is -0.379 e. The topological polar surface area (TPSA) is 178 Å². The molecule has 4 heterocycles. The Morgan fingerprint density at radius 2 is 0.650 bits per heavy atom. The van der Waals surface area contributed by atoms with Gasteiger partial charge in [-0.15, -0.1) is 0 Å². The van der Waals surface area contributed by atoms with Crippen LogP contribution in [0.15, 0.2) is 0 Å². The molecule has 4 aliphatic heterocycles. The van der Waals surface area contributed by atoms with Crippen LogP contribution in [-0.4, -0.2) is 195 Å². The lowest BCUT2D eigenvalue weighted by molar-refractivity contribution is 0.109. The van der Waals surface area contributed by atoms with Gasteiger partial charge in [-0.25, -0.2) is 0 Å². The first kappa shape index (κ1) is 123. The fraction of sp³-hybridized carbons (Fsp3) is 1.00. The number of hydrogen-bond donors (Lipinski definition) is 14. The van der Waals surface area contributed by atoms with E-state index in [0.29, 0.717) is 36.3 Å². The molecule has 103 heavy (non-hydrogen) atoms. The highest BCUT2D eigenvalue weighted by Crippen LogP contribution is 2.08. The number of piperidine rings is 2. The van der Waals surface area contributed by atoms with Crippen LogP contribution in [-0.2, 0) is 4.74 Å². The van der Waals surface area contributed by atoms with Crippen molar-refractivity contribution in [2.75, 3.05) is 159 Å². The molecule has 0 bridgehead atoms. The number of hydrogen-bond acceptors (Lipinski definition) is 15. The van der Waals surface area contributed by atoms with E-state index in [4.69, 9.17) is 4.74 Å². The zero-order valence-electron chi connectivity index (χ0n) is 77.0. The molecule has 2 unspecified atom stereocenters. The Balaban J connectivity index is -0.000000113. The van der Waals surface area contributed by atoms with E-state index in [1.807, 2.05) is 21.1 Å². The zero-order chi connectivity index (χ0) is 80.2. The van der Waals surface area contributed by atoms with Gasteiger partial charge < -0.3 is 79.2 Å². The van der Waals surface area contributed by atoms with Crippen LogP contribution in [0.1, 0.15) is 366 Å². The summed E-state index contributed by atoms with van der Waals surface area (Å²) in [5.74, 6) is 2.54. The quantitative estimate of drug-likeness (QED) is 0.0260. The maximum atomic E-state index is 5.01. The van der Waals surface area contributed by atoms with Crippen molar-refractivity contribution in [3.8, 4) is 0 Å². The normalized spacial score (nSPS) is 14.1. The Bertz CT molecular complexity index is 1140. The second-order valence-electron chi connectivity index (χ2n) is 30.7. The van der Waals surface area contributed by atoms with Gasteiger partial charge in [0.05, 0.1) is 13.2 Å². The minimum absolute atomic E-state index is 0.630. The van der Waals surface area contributed by atoms with Crippen LogP contribution < -0.4 is 74.4 Å². The highest BCUT2D eigenvalue weighted by molar-refractivity contribution is 4.64. The van der Waals surface area contributed by atoms with Gasteiger partial charge in [0.15, 0.2) is 0 Å². The van der Waals surface area contributed by atoms with Crippen LogP contribution >= 0.6 is 0 Å². The summed E-state index contributed by atoms with van der Waals surface area (Å²) in [6.07, 6.45) is 38.8. The maximum absolute atomic E-state index is 5.01. The van der Waals surface area contributed by atoms with E-state index in [9.17, 15) is 0 Å². The summed E-state index contributed by atoms with van der Waals surface area (Å²) in [4.78, 5) is 0. The molecule has 4 rings (SSSR count). The summed E-state index contributed by atoms with van der Waals surface area (Å²) in [6, 6.07) is 3.95. The van der Waals surface area contributed by atoms with E-state index in [0.717, 1.165) is 76.8 Å². The van der Waals surface area contributed by atoms with Gasteiger partial charge in [-0.05, 0) is 273 Å². The summed E-state index contributed by atoms with van der Waals surface area (Å²) in [7, 11) is 6.02. The molecule has 638 valence electrons.